The second kappa shape index (κ2) is 4.76. The van der Waals surface area contributed by atoms with E-state index in [-0.39, 0.29) is 5.56 Å². The van der Waals surface area contributed by atoms with Gasteiger partial charge < -0.3 is 14.1 Å². The molecule has 2 aromatic rings. The Balaban J connectivity index is 2.33. The minimum Gasteiger partial charge on any atom is -0.463 e. The Morgan fingerprint density at radius 1 is 1.56 bits per heavy atom. The van der Waals surface area contributed by atoms with Crippen molar-refractivity contribution in [1.82, 2.24) is 9.97 Å². The highest BCUT2D eigenvalue weighted by atomic mass is 16.5. The molecular weight excluding hydrogens is 208 g/mol. The smallest absolute Gasteiger partial charge is 0.251 e. The van der Waals surface area contributed by atoms with Gasteiger partial charge in [0.2, 0.25) is 0 Å². The molecule has 0 bridgehead atoms. The van der Waals surface area contributed by atoms with Gasteiger partial charge in [-0.1, -0.05) is 0 Å². The summed E-state index contributed by atoms with van der Waals surface area (Å²) in [6.07, 6.45) is 1.54. The van der Waals surface area contributed by atoms with Crippen molar-refractivity contribution in [2.24, 2.45) is 0 Å². The second-order valence-corrected chi connectivity index (χ2v) is 3.19. The highest BCUT2D eigenvalue weighted by Gasteiger charge is 2.05. The first-order valence-corrected chi connectivity index (χ1v) is 5.01. The Bertz CT molecular complexity index is 502. The van der Waals surface area contributed by atoms with Gasteiger partial charge in [-0.25, -0.2) is 4.98 Å². The van der Waals surface area contributed by atoms with Gasteiger partial charge in [-0.2, -0.15) is 0 Å². The molecule has 0 aliphatic rings. The van der Waals surface area contributed by atoms with Crippen LogP contribution in [-0.4, -0.2) is 16.6 Å². The van der Waals surface area contributed by atoms with Crippen molar-refractivity contribution in [3.05, 3.63) is 40.6 Å². The van der Waals surface area contributed by atoms with Gasteiger partial charge >= 0.3 is 0 Å². The Hall–Kier alpha value is -1.88. The third kappa shape index (κ3) is 2.38. The van der Waals surface area contributed by atoms with Gasteiger partial charge in [0.25, 0.3) is 5.56 Å². The van der Waals surface area contributed by atoms with Crippen LogP contribution >= 0.6 is 0 Å². The van der Waals surface area contributed by atoms with Crippen LogP contribution in [0.2, 0.25) is 0 Å². The van der Waals surface area contributed by atoms with E-state index in [0.717, 1.165) is 0 Å². The molecule has 0 spiro atoms. The number of aromatic nitrogens is 2. The van der Waals surface area contributed by atoms with E-state index in [1.807, 2.05) is 6.92 Å². The van der Waals surface area contributed by atoms with E-state index < -0.39 is 0 Å². The number of nitrogens with one attached hydrogen (secondary N) is 1. The Labute approximate surface area is 92.1 Å². The molecule has 2 rings (SSSR count). The molecule has 5 heteroatoms. The number of aromatic amines is 1. The first-order valence-electron chi connectivity index (χ1n) is 5.01. The zero-order valence-corrected chi connectivity index (χ0v) is 8.90. The molecule has 84 valence electrons. The minimum absolute atomic E-state index is 0.212. The summed E-state index contributed by atoms with van der Waals surface area (Å²) in [5, 5.41) is 0. The SMILES string of the molecule is CCOCc1nc(-c2ccco2)cc(=O)[nH]1. The van der Waals surface area contributed by atoms with Crippen LogP contribution in [0, 0.1) is 0 Å². The second-order valence-electron chi connectivity index (χ2n) is 3.19. The maximum atomic E-state index is 11.4. The number of furan rings is 1. The topological polar surface area (TPSA) is 68.1 Å². The lowest BCUT2D eigenvalue weighted by Gasteiger charge is -2.02. The lowest BCUT2D eigenvalue weighted by atomic mass is 10.3. The number of ether oxygens (including phenoxy) is 1. The zero-order valence-electron chi connectivity index (χ0n) is 8.90. The third-order valence-electron chi connectivity index (χ3n) is 2.01. The summed E-state index contributed by atoms with van der Waals surface area (Å²) in [6.45, 7) is 2.75. The van der Waals surface area contributed by atoms with Crippen molar-refractivity contribution in [3.63, 3.8) is 0 Å². The van der Waals surface area contributed by atoms with Crippen LogP contribution in [0.5, 0.6) is 0 Å². The largest absolute Gasteiger partial charge is 0.463 e. The van der Waals surface area contributed by atoms with Gasteiger partial charge in [0.15, 0.2) is 5.76 Å². The zero-order chi connectivity index (χ0) is 11.4. The molecule has 1 N–H and O–H groups in total. The Morgan fingerprint density at radius 3 is 3.12 bits per heavy atom. The van der Waals surface area contributed by atoms with E-state index in [2.05, 4.69) is 9.97 Å². The summed E-state index contributed by atoms with van der Waals surface area (Å²) < 4.78 is 10.4. The van der Waals surface area contributed by atoms with Gasteiger partial charge in [0.1, 0.15) is 18.1 Å². The maximum Gasteiger partial charge on any atom is 0.251 e. The summed E-state index contributed by atoms with van der Waals surface area (Å²) in [5.41, 5.74) is 0.305. The Morgan fingerprint density at radius 2 is 2.44 bits per heavy atom. The van der Waals surface area contributed by atoms with E-state index in [1.54, 1.807) is 18.4 Å². The normalized spacial score (nSPS) is 10.6. The van der Waals surface area contributed by atoms with Crippen molar-refractivity contribution in [2.45, 2.75) is 13.5 Å². The molecule has 0 aliphatic carbocycles. The molecule has 0 radical (unpaired) electrons. The minimum atomic E-state index is -0.212. The predicted octanol–water partition coefficient (Wildman–Crippen LogP) is 1.57. The third-order valence-corrected chi connectivity index (χ3v) is 2.01. The molecule has 0 atom stereocenters. The lowest BCUT2D eigenvalue weighted by Crippen LogP contribution is -2.12. The van der Waals surface area contributed by atoms with Crippen LogP contribution in [0.4, 0.5) is 0 Å². The van der Waals surface area contributed by atoms with Gasteiger partial charge in [0.05, 0.1) is 6.26 Å². The van der Waals surface area contributed by atoms with Gasteiger partial charge in [-0.15, -0.1) is 0 Å². The molecule has 0 unspecified atom stereocenters. The summed E-state index contributed by atoms with van der Waals surface area (Å²) in [7, 11) is 0. The fourth-order valence-electron chi connectivity index (χ4n) is 1.33. The van der Waals surface area contributed by atoms with Crippen molar-refractivity contribution < 1.29 is 9.15 Å². The fourth-order valence-corrected chi connectivity index (χ4v) is 1.33. The van der Waals surface area contributed by atoms with Crippen LogP contribution < -0.4 is 5.56 Å². The fraction of sp³-hybridized carbons (Fsp3) is 0.273. The molecule has 16 heavy (non-hydrogen) atoms. The van der Waals surface area contributed by atoms with Gasteiger partial charge in [-0.05, 0) is 19.1 Å². The van der Waals surface area contributed by atoms with Crippen molar-refractivity contribution in [1.29, 1.82) is 0 Å². The summed E-state index contributed by atoms with van der Waals surface area (Å²) in [6, 6.07) is 4.90. The number of nitrogens with zero attached hydrogens (tertiary/aromatic N) is 1. The molecule has 0 saturated carbocycles. The van der Waals surface area contributed by atoms with Crippen LogP contribution in [-0.2, 0) is 11.3 Å². The van der Waals surface area contributed by atoms with Crippen LogP contribution in [0.1, 0.15) is 12.7 Å². The van der Waals surface area contributed by atoms with E-state index >= 15 is 0 Å². The molecule has 0 aromatic carbocycles. The first kappa shape index (κ1) is 10.6. The Kier molecular flexibility index (Phi) is 3.16. The van der Waals surface area contributed by atoms with E-state index in [0.29, 0.717) is 30.5 Å². The molecule has 5 nitrogen and oxygen atoms in total. The number of hydrogen-bond donors (Lipinski definition) is 1. The molecule has 2 aromatic heterocycles. The average molecular weight is 220 g/mol. The van der Waals surface area contributed by atoms with Gasteiger partial charge in [-0.3, -0.25) is 4.79 Å². The van der Waals surface area contributed by atoms with Crippen molar-refractivity contribution >= 4 is 0 Å². The van der Waals surface area contributed by atoms with Crippen molar-refractivity contribution in [2.75, 3.05) is 6.61 Å². The number of rotatable bonds is 4. The molecule has 0 saturated heterocycles. The van der Waals surface area contributed by atoms with Crippen LogP contribution in [0.25, 0.3) is 11.5 Å². The average Bonchev–Trinajstić information content (AvgIpc) is 2.79. The van der Waals surface area contributed by atoms with E-state index in [4.69, 9.17) is 9.15 Å². The van der Waals surface area contributed by atoms with Crippen LogP contribution in [0.3, 0.4) is 0 Å². The monoisotopic (exact) mass is 220 g/mol. The van der Waals surface area contributed by atoms with Crippen molar-refractivity contribution in [3.8, 4) is 11.5 Å². The van der Waals surface area contributed by atoms with Crippen LogP contribution in [0.15, 0.2) is 33.7 Å². The quantitative estimate of drug-likeness (QED) is 0.849. The standard InChI is InChI=1S/C11H12N2O3/c1-2-15-7-10-12-8(6-11(14)13-10)9-4-3-5-16-9/h3-6H,2,7H2,1H3,(H,12,13,14). The molecular formula is C11H12N2O3. The summed E-state index contributed by atoms with van der Waals surface area (Å²) >= 11 is 0. The van der Waals surface area contributed by atoms with E-state index in [1.165, 1.54) is 6.07 Å². The number of hydrogen-bond acceptors (Lipinski definition) is 4. The number of H-pyrrole nitrogens is 1. The molecule has 0 fully saturated rings. The van der Waals surface area contributed by atoms with E-state index in [9.17, 15) is 4.79 Å². The summed E-state index contributed by atoms with van der Waals surface area (Å²) in [5.74, 6) is 1.07. The maximum absolute atomic E-state index is 11.4. The predicted molar refractivity (Wildman–Crippen MR) is 57.9 cm³/mol. The molecule has 2 heterocycles. The molecule has 0 aliphatic heterocycles. The van der Waals surface area contributed by atoms with Gasteiger partial charge in [0, 0.05) is 12.7 Å². The first-order chi connectivity index (χ1) is 7.79. The highest BCUT2D eigenvalue weighted by molar-refractivity contribution is 5.50. The molecule has 0 amide bonds. The highest BCUT2D eigenvalue weighted by Crippen LogP contribution is 2.15. The summed E-state index contributed by atoms with van der Waals surface area (Å²) in [4.78, 5) is 18.2. The lowest BCUT2D eigenvalue weighted by molar-refractivity contribution is 0.128.